The maximum atomic E-state index is 12.9. The fraction of sp³-hybridized carbons (Fsp3) is 0.538. The first kappa shape index (κ1) is 15.8. The molecule has 0 aliphatic carbocycles. The SMILES string of the molecule is CCC(N)Cc1ccc(OCOC)c(C(F)(F)F)c1. The van der Waals surface area contributed by atoms with Crippen molar-refractivity contribution in [2.45, 2.75) is 32.0 Å². The summed E-state index contributed by atoms with van der Waals surface area (Å²) in [6, 6.07) is 3.84. The van der Waals surface area contributed by atoms with Crippen LogP contribution in [0.5, 0.6) is 5.75 Å². The Balaban J connectivity index is 3.01. The molecule has 0 aromatic heterocycles. The van der Waals surface area contributed by atoms with Crippen molar-refractivity contribution >= 4 is 0 Å². The zero-order valence-electron chi connectivity index (χ0n) is 11.0. The van der Waals surface area contributed by atoms with Gasteiger partial charge < -0.3 is 15.2 Å². The summed E-state index contributed by atoms with van der Waals surface area (Å²) >= 11 is 0. The monoisotopic (exact) mass is 277 g/mol. The lowest BCUT2D eigenvalue weighted by Gasteiger charge is -2.16. The molecule has 0 aliphatic heterocycles. The number of nitrogens with two attached hydrogens (primary N) is 1. The van der Waals surface area contributed by atoms with Gasteiger partial charge in [-0.2, -0.15) is 13.2 Å². The van der Waals surface area contributed by atoms with Crippen molar-refractivity contribution in [2.24, 2.45) is 5.73 Å². The lowest BCUT2D eigenvalue weighted by atomic mass is 10.0. The maximum Gasteiger partial charge on any atom is 0.419 e. The third-order valence-corrected chi connectivity index (χ3v) is 2.70. The highest BCUT2D eigenvalue weighted by Gasteiger charge is 2.34. The van der Waals surface area contributed by atoms with E-state index in [4.69, 9.17) is 10.5 Å². The lowest BCUT2D eigenvalue weighted by molar-refractivity contribution is -0.139. The van der Waals surface area contributed by atoms with Gasteiger partial charge in [-0.1, -0.05) is 13.0 Å². The Morgan fingerprint density at radius 2 is 2.00 bits per heavy atom. The van der Waals surface area contributed by atoms with Crippen LogP contribution in [-0.4, -0.2) is 19.9 Å². The summed E-state index contributed by atoms with van der Waals surface area (Å²) in [5.74, 6) is -0.233. The zero-order chi connectivity index (χ0) is 14.5. The van der Waals surface area contributed by atoms with Crippen LogP contribution < -0.4 is 10.5 Å². The van der Waals surface area contributed by atoms with E-state index in [1.54, 1.807) is 6.07 Å². The van der Waals surface area contributed by atoms with Gasteiger partial charge in [0, 0.05) is 13.2 Å². The van der Waals surface area contributed by atoms with Gasteiger partial charge in [0.2, 0.25) is 0 Å². The van der Waals surface area contributed by atoms with Crippen LogP contribution in [0.15, 0.2) is 18.2 Å². The van der Waals surface area contributed by atoms with E-state index in [2.05, 4.69) is 4.74 Å². The topological polar surface area (TPSA) is 44.5 Å². The van der Waals surface area contributed by atoms with E-state index in [1.165, 1.54) is 13.2 Å². The molecule has 0 saturated heterocycles. The number of ether oxygens (including phenoxy) is 2. The van der Waals surface area contributed by atoms with Crippen LogP contribution in [-0.2, 0) is 17.3 Å². The Labute approximate surface area is 110 Å². The molecule has 108 valence electrons. The number of rotatable bonds is 6. The highest BCUT2D eigenvalue weighted by molar-refractivity contribution is 5.39. The van der Waals surface area contributed by atoms with Crippen LogP contribution in [0.4, 0.5) is 13.2 Å². The molecular formula is C13H18F3NO2. The second kappa shape index (κ2) is 6.77. The fourth-order valence-corrected chi connectivity index (χ4v) is 1.62. The second-order valence-electron chi connectivity index (χ2n) is 4.25. The largest absolute Gasteiger partial charge is 0.467 e. The standard InChI is InChI=1S/C13H18F3NO2/c1-3-10(17)6-9-4-5-12(19-8-18-2)11(7-9)13(14,15)16/h4-5,7,10H,3,6,8,17H2,1-2H3. The Morgan fingerprint density at radius 1 is 1.32 bits per heavy atom. The molecule has 3 nitrogen and oxygen atoms in total. The van der Waals surface area contributed by atoms with Crippen molar-refractivity contribution in [3.05, 3.63) is 29.3 Å². The highest BCUT2D eigenvalue weighted by atomic mass is 19.4. The minimum atomic E-state index is -4.46. The smallest absolute Gasteiger partial charge is 0.419 e. The molecule has 0 aliphatic rings. The summed E-state index contributed by atoms with van der Waals surface area (Å²) in [6.07, 6.45) is -3.34. The number of benzene rings is 1. The van der Waals surface area contributed by atoms with Crippen LogP contribution in [0.2, 0.25) is 0 Å². The second-order valence-corrected chi connectivity index (χ2v) is 4.25. The average molecular weight is 277 g/mol. The van der Waals surface area contributed by atoms with Gasteiger partial charge >= 0.3 is 6.18 Å². The molecule has 0 bridgehead atoms. The molecule has 2 N–H and O–H groups in total. The predicted octanol–water partition coefficient (Wildman–Crippen LogP) is 2.97. The molecule has 0 fully saturated rings. The lowest BCUT2D eigenvalue weighted by Crippen LogP contribution is -2.21. The van der Waals surface area contributed by atoms with Crippen molar-refractivity contribution in [1.29, 1.82) is 0 Å². The Hall–Kier alpha value is -1.27. The number of hydrogen-bond donors (Lipinski definition) is 1. The summed E-state index contributed by atoms with van der Waals surface area (Å²) < 4.78 is 48.3. The molecule has 19 heavy (non-hydrogen) atoms. The number of methoxy groups -OCH3 is 1. The molecule has 0 radical (unpaired) electrons. The molecule has 0 spiro atoms. The first-order chi connectivity index (χ1) is 8.88. The van der Waals surface area contributed by atoms with E-state index in [-0.39, 0.29) is 18.6 Å². The molecule has 1 unspecified atom stereocenters. The maximum absolute atomic E-state index is 12.9. The minimum absolute atomic E-state index is 0.146. The van der Waals surface area contributed by atoms with Gasteiger partial charge in [0.15, 0.2) is 6.79 Å². The molecular weight excluding hydrogens is 259 g/mol. The van der Waals surface area contributed by atoms with Gasteiger partial charge in [-0.05, 0) is 30.5 Å². The first-order valence-electron chi connectivity index (χ1n) is 5.96. The highest BCUT2D eigenvalue weighted by Crippen LogP contribution is 2.37. The minimum Gasteiger partial charge on any atom is -0.467 e. The van der Waals surface area contributed by atoms with Crippen molar-refractivity contribution in [3.8, 4) is 5.75 Å². The number of halogens is 3. The Bertz CT molecular complexity index is 407. The van der Waals surface area contributed by atoms with Gasteiger partial charge in [0.1, 0.15) is 5.75 Å². The summed E-state index contributed by atoms with van der Waals surface area (Å²) in [7, 11) is 1.35. The van der Waals surface area contributed by atoms with E-state index in [1.807, 2.05) is 6.92 Å². The molecule has 1 aromatic carbocycles. The third kappa shape index (κ3) is 4.72. The fourth-order valence-electron chi connectivity index (χ4n) is 1.62. The summed E-state index contributed by atoms with van der Waals surface area (Å²) in [5, 5.41) is 0. The summed E-state index contributed by atoms with van der Waals surface area (Å²) in [4.78, 5) is 0. The zero-order valence-corrected chi connectivity index (χ0v) is 11.0. The van der Waals surface area contributed by atoms with Crippen molar-refractivity contribution < 1.29 is 22.6 Å². The van der Waals surface area contributed by atoms with Crippen molar-refractivity contribution in [2.75, 3.05) is 13.9 Å². The molecule has 1 aromatic rings. The predicted molar refractivity (Wildman–Crippen MR) is 65.9 cm³/mol. The van der Waals surface area contributed by atoms with Crippen LogP contribution in [0.1, 0.15) is 24.5 Å². The molecule has 1 rings (SSSR count). The van der Waals surface area contributed by atoms with Crippen LogP contribution in [0.3, 0.4) is 0 Å². The third-order valence-electron chi connectivity index (χ3n) is 2.70. The molecule has 6 heteroatoms. The number of alkyl halides is 3. The van der Waals surface area contributed by atoms with Crippen LogP contribution in [0.25, 0.3) is 0 Å². The van der Waals surface area contributed by atoms with E-state index in [9.17, 15) is 13.2 Å². The van der Waals surface area contributed by atoms with E-state index >= 15 is 0 Å². The van der Waals surface area contributed by atoms with Gasteiger partial charge in [0.25, 0.3) is 0 Å². The van der Waals surface area contributed by atoms with Crippen LogP contribution >= 0.6 is 0 Å². The molecule has 0 saturated carbocycles. The Morgan fingerprint density at radius 3 is 2.53 bits per heavy atom. The first-order valence-corrected chi connectivity index (χ1v) is 5.96. The quantitative estimate of drug-likeness (QED) is 0.813. The van der Waals surface area contributed by atoms with Gasteiger partial charge in [-0.15, -0.1) is 0 Å². The molecule has 0 heterocycles. The normalized spacial score (nSPS) is 13.4. The van der Waals surface area contributed by atoms with Crippen molar-refractivity contribution in [3.63, 3.8) is 0 Å². The van der Waals surface area contributed by atoms with E-state index in [0.717, 1.165) is 6.07 Å². The van der Waals surface area contributed by atoms with Gasteiger partial charge in [-0.3, -0.25) is 0 Å². The summed E-state index contributed by atoms with van der Waals surface area (Å²) in [5.41, 5.74) is 5.50. The van der Waals surface area contributed by atoms with Gasteiger partial charge in [0.05, 0.1) is 5.56 Å². The Kier molecular flexibility index (Phi) is 5.62. The molecule has 0 amide bonds. The molecule has 1 atom stereocenters. The van der Waals surface area contributed by atoms with Crippen LogP contribution in [0, 0.1) is 0 Å². The van der Waals surface area contributed by atoms with E-state index < -0.39 is 11.7 Å². The average Bonchev–Trinajstić information content (AvgIpc) is 2.35. The summed E-state index contributed by atoms with van der Waals surface area (Å²) in [6.45, 7) is 1.67. The number of hydrogen-bond acceptors (Lipinski definition) is 3. The van der Waals surface area contributed by atoms with E-state index in [0.29, 0.717) is 18.4 Å². The van der Waals surface area contributed by atoms with Crippen molar-refractivity contribution in [1.82, 2.24) is 0 Å². The van der Waals surface area contributed by atoms with Gasteiger partial charge in [-0.25, -0.2) is 0 Å².